The molecule has 0 radical (unpaired) electrons. The zero-order valence-corrected chi connectivity index (χ0v) is 25.2. The Morgan fingerprint density at radius 2 is 1.83 bits per heavy atom. The molecule has 230 valence electrons. The van der Waals surface area contributed by atoms with E-state index in [9.17, 15) is 14.2 Å². The highest BCUT2D eigenvalue weighted by Gasteiger charge is 2.29. The van der Waals surface area contributed by atoms with Crippen LogP contribution >= 0.6 is 19.9 Å². The van der Waals surface area contributed by atoms with Crippen molar-refractivity contribution in [2.45, 2.75) is 46.3 Å². The number of ether oxygens (including phenoxy) is 1. The summed E-state index contributed by atoms with van der Waals surface area (Å²) in [6.45, 7) is 7.21. The topological polar surface area (TPSA) is 213 Å². The number of fused-ring (bicyclic) bond motifs is 1. The van der Waals surface area contributed by atoms with E-state index in [1.54, 1.807) is 41.8 Å². The number of imidazole rings is 1. The number of carboxylic acids is 1. The SMILES string of the molecule is CC(=O)[C@H](C)NP(=O)(COCCn1cnc2c(N=C(/C=C/C(=O)O)OO)ncnc21)Oc1ccccc1.CC(C)N.Cl. The van der Waals surface area contributed by atoms with E-state index in [4.69, 9.17) is 25.4 Å². The maximum atomic E-state index is 13.4. The van der Waals surface area contributed by atoms with E-state index in [0.717, 1.165) is 12.2 Å². The van der Waals surface area contributed by atoms with Crippen LogP contribution in [-0.4, -0.2) is 72.6 Å². The first-order valence-corrected chi connectivity index (χ1v) is 14.2. The summed E-state index contributed by atoms with van der Waals surface area (Å²) < 4.78 is 26.3. The average molecular weight is 628 g/mol. The van der Waals surface area contributed by atoms with E-state index in [0.29, 0.717) is 17.4 Å². The van der Waals surface area contributed by atoms with Gasteiger partial charge in [0, 0.05) is 18.7 Å². The van der Waals surface area contributed by atoms with Gasteiger partial charge in [-0.05, 0) is 32.0 Å². The molecule has 2 heterocycles. The first kappa shape index (κ1) is 36.3. The molecule has 3 aromatic rings. The molecule has 2 aromatic heterocycles. The molecule has 42 heavy (non-hydrogen) atoms. The molecule has 0 amide bonds. The van der Waals surface area contributed by atoms with E-state index < -0.39 is 25.4 Å². The summed E-state index contributed by atoms with van der Waals surface area (Å²) in [7, 11) is -3.59. The monoisotopic (exact) mass is 627 g/mol. The Bertz CT molecular complexity index is 1400. The number of nitrogens with two attached hydrogens (primary N) is 1. The van der Waals surface area contributed by atoms with Crippen molar-refractivity contribution in [1.29, 1.82) is 0 Å². The second-order valence-electron chi connectivity index (χ2n) is 8.84. The number of rotatable bonds is 13. The lowest BCUT2D eigenvalue weighted by Crippen LogP contribution is -2.32. The van der Waals surface area contributed by atoms with Crippen LogP contribution in [0.1, 0.15) is 27.7 Å². The molecule has 17 heteroatoms. The van der Waals surface area contributed by atoms with E-state index in [1.807, 2.05) is 13.8 Å². The molecule has 15 nitrogen and oxygen atoms in total. The Labute approximate surface area is 248 Å². The van der Waals surface area contributed by atoms with Gasteiger partial charge in [-0.25, -0.2) is 30.1 Å². The quantitative estimate of drug-likeness (QED) is 0.0406. The number of carboxylic acid groups (broad SMARTS) is 1. The second kappa shape index (κ2) is 18.0. The Hall–Kier alpha value is -3.72. The molecule has 0 saturated heterocycles. The van der Waals surface area contributed by atoms with Gasteiger partial charge in [0.1, 0.15) is 24.2 Å². The molecule has 5 N–H and O–H groups in total. The number of para-hydroxylation sites is 1. The predicted molar refractivity (Wildman–Crippen MR) is 158 cm³/mol. The highest BCUT2D eigenvalue weighted by atomic mass is 35.5. The van der Waals surface area contributed by atoms with Gasteiger partial charge in [0.2, 0.25) is 0 Å². The zero-order valence-electron chi connectivity index (χ0n) is 23.5. The minimum absolute atomic E-state index is 0. The highest BCUT2D eigenvalue weighted by Crippen LogP contribution is 2.43. The fourth-order valence-corrected chi connectivity index (χ4v) is 4.71. The molecule has 0 bridgehead atoms. The normalized spacial score (nSPS) is 13.5. The Morgan fingerprint density at radius 1 is 1.17 bits per heavy atom. The lowest BCUT2D eigenvalue weighted by molar-refractivity contribution is -0.153. The summed E-state index contributed by atoms with van der Waals surface area (Å²) in [6.07, 6.45) is 4.05. The number of nitrogens with zero attached hydrogens (tertiary/aromatic N) is 5. The third kappa shape index (κ3) is 12.4. The maximum Gasteiger partial charge on any atom is 0.342 e. The molecule has 0 aliphatic heterocycles. The molecule has 3 rings (SSSR count). The lowest BCUT2D eigenvalue weighted by atomic mass is 10.3. The predicted octanol–water partition coefficient (Wildman–Crippen LogP) is 3.58. The number of benzene rings is 1. The number of carbonyl (C=O) groups is 2. The zero-order chi connectivity index (χ0) is 30.4. The Kier molecular flexibility index (Phi) is 15.5. The molecular formula is C25H35ClN7O8P. The first-order valence-electron chi connectivity index (χ1n) is 12.4. The molecule has 1 aromatic carbocycles. The van der Waals surface area contributed by atoms with Crippen molar-refractivity contribution in [3.05, 3.63) is 55.1 Å². The summed E-state index contributed by atoms with van der Waals surface area (Å²) in [5.41, 5.74) is 5.75. The number of aliphatic imine (C=N–C) groups is 1. The van der Waals surface area contributed by atoms with Crippen LogP contribution in [0.3, 0.4) is 0 Å². The molecule has 0 saturated carbocycles. The number of aliphatic carboxylic acids is 1. The van der Waals surface area contributed by atoms with Crippen LogP contribution in [0.25, 0.3) is 11.2 Å². The van der Waals surface area contributed by atoms with Crippen molar-refractivity contribution in [2.24, 2.45) is 10.7 Å². The maximum absolute atomic E-state index is 13.4. The smallest absolute Gasteiger partial charge is 0.342 e. The summed E-state index contributed by atoms with van der Waals surface area (Å²) in [6, 6.07) is 8.18. The first-order chi connectivity index (χ1) is 19.4. The van der Waals surface area contributed by atoms with Crippen LogP contribution < -0.4 is 15.3 Å². The summed E-state index contributed by atoms with van der Waals surface area (Å²) >= 11 is 0. The van der Waals surface area contributed by atoms with Crippen LogP contribution in [0, 0.1) is 0 Å². The average Bonchev–Trinajstić information content (AvgIpc) is 3.33. The Morgan fingerprint density at radius 3 is 2.43 bits per heavy atom. The number of nitrogens with one attached hydrogen (secondary N) is 1. The standard InChI is InChI=1S/C22H25N6O8P.C3H9N.ClH/c1-15(16(2)29)27-37(33,36-17-6-4-3-5-7-17)14-34-11-10-28-13-25-20-21(23-12-24-22(20)28)26-18(35-32)8-9-19(30)31;1-3(2)4;/h3-9,12-13,15,32H,10-11,14H2,1-2H3,(H,27,33)(H,30,31);3H,4H2,1-2H3;1H/b9-8+,26-18?;;/t15-,37?;;/m0../s1. The van der Waals surface area contributed by atoms with Crippen molar-refractivity contribution in [2.75, 3.05) is 13.0 Å². The molecule has 2 atom stereocenters. The fourth-order valence-electron chi connectivity index (χ4n) is 2.92. The van der Waals surface area contributed by atoms with E-state index in [2.05, 4.69) is 29.9 Å². The largest absolute Gasteiger partial charge is 0.478 e. The van der Waals surface area contributed by atoms with Crippen molar-refractivity contribution in [1.82, 2.24) is 24.6 Å². The number of carbonyl (C=O) groups excluding carboxylic acids is 1. The van der Waals surface area contributed by atoms with E-state index >= 15 is 0 Å². The lowest BCUT2D eigenvalue weighted by Gasteiger charge is -2.23. The van der Waals surface area contributed by atoms with Crippen LogP contribution in [0.15, 0.2) is 60.1 Å². The van der Waals surface area contributed by atoms with Gasteiger partial charge in [0.05, 0.1) is 19.0 Å². The molecule has 0 spiro atoms. The number of hydrogen-bond acceptors (Lipinski definition) is 12. The third-order valence-electron chi connectivity index (χ3n) is 4.79. The van der Waals surface area contributed by atoms with Gasteiger partial charge >= 0.3 is 13.5 Å². The fraction of sp³-hybridized carbons (Fsp3) is 0.360. The van der Waals surface area contributed by atoms with Gasteiger partial charge < -0.3 is 29.6 Å². The van der Waals surface area contributed by atoms with Gasteiger partial charge in [0.25, 0.3) is 5.90 Å². The van der Waals surface area contributed by atoms with Gasteiger partial charge in [-0.2, -0.15) is 4.99 Å². The van der Waals surface area contributed by atoms with Crippen molar-refractivity contribution in [3.8, 4) is 5.75 Å². The van der Waals surface area contributed by atoms with E-state index in [-0.39, 0.29) is 49.0 Å². The van der Waals surface area contributed by atoms with Crippen molar-refractivity contribution >= 4 is 54.6 Å². The summed E-state index contributed by atoms with van der Waals surface area (Å²) in [5, 5.41) is 20.4. The number of halogens is 1. The molecule has 0 fully saturated rings. The van der Waals surface area contributed by atoms with Crippen LogP contribution in [-0.2, 0) is 30.3 Å². The van der Waals surface area contributed by atoms with Gasteiger partial charge in [0.15, 0.2) is 17.0 Å². The number of aromatic nitrogens is 4. The van der Waals surface area contributed by atoms with Crippen molar-refractivity contribution in [3.63, 3.8) is 0 Å². The Balaban J connectivity index is 0.00000165. The minimum atomic E-state index is -3.59. The van der Waals surface area contributed by atoms with Crippen molar-refractivity contribution < 1.29 is 38.7 Å². The number of hydrogen-bond donors (Lipinski definition) is 4. The third-order valence-corrected chi connectivity index (χ3v) is 6.60. The molecule has 0 aliphatic rings. The summed E-state index contributed by atoms with van der Waals surface area (Å²) in [4.78, 5) is 42.8. The van der Waals surface area contributed by atoms with Gasteiger partial charge in [-0.15, -0.1) is 12.4 Å². The second-order valence-corrected chi connectivity index (χ2v) is 10.9. The van der Waals surface area contributed by atoms with Crippen LogP contribution in [0.5, 0.6) is 5.75 Å². The van der Waals surface area contributed by atoms with Crippen LogP contribution in [0.4, 0.5) is 5.82 Å². The molecule has 0 aliphatic carbocycles. The van der Waals surface area contributed by atoms with Gasteiger partial charge in [-0.3, -0.25) is 9.36 Å². The summed E-state index contributed by atoms with van der Waals surface area (Å²) in [5.74, 6) is -1.47. The molecule has 1 unspecified atom stereocenters. The number of ketones is 1. The number of Topliss-reactive ketones (excluding diaryl/α,β-unsaturated/α-hetero) is 1. The minimum Gasteiger partial charge on any atom is -0.478 e. The highest BCUT2D eigenvalue weighted by molar-refractivity contribution is 7.57. The van der Waals surface area contributed by atoms with Gasteiger partial charge in [-0.1, -0.05) is 32.0 Å². The van der Waals surface area contributed by atoms with E-state index in [1.165, 1.54) is 19.6 Å². The van der Waals surface area contributed by atoms with Crippen LogP contribution in [0.2, 0.25) is 0 Å². The molecular weight excluding hydrogens is 593 g/mol.